The Morgan fingerprint density at radius 3 is 2.47 bits per heavy atom. The summed E-state index contributed by atoms with van der Waals surface area (Å²) in [5.41, 5.74) is 3.70. The second-order valence-electron chi connectivity index (χ2n) is 9.29. The summed E-state index contributed by atoms with van der Waals surface area (Å²) in [7, 11) is -1.94. The minimum absolute atomic E-state index is 0.223. The van der Waals surface area contributed by atoms with Crippen molar-refractivity contribution in [3.05, 3.63) is 77.1 Å². The molecule has 2 heterocycles. The van der Waals surface area contributed by atoms with E-state index in [1.807, 2.05) is 50.4 Å². The van der Waals surface area contributed by atoms with Crippen LogP contribution in [-0.4, -0.2) is 53.4 Å². The predicted molar refractivity (Wildman–Crippen MR) is 132 cm³/mol. The lowest BCUT2D eigenvalue weighted by Crippen LogP contribution is -2.38. The van der Waals surface area contributed by atoms with Crippen LogP contribution in [0.1, 0.15) is 46.8 Å². The van der Waals surface area contributed by atoms with Crippen molar-refractivity contribution in [3.8, 4) is 5.69 Å². The van der Waals surface area contributed by atoms with E-state index in [-0.39, 0.29) is 10.8 Å². The van der Waals surface area contributed by atoms with Gasteiger partial charge in [0, 0.05) is 44.0 Å². The summed E-state index contributed by atoms with van der Waals surface area (Å²) in [4.78, 5) is 15.1. The van der Waals surface area contributed by atoms with Gasteiger partial charge < -0.3 is 4.90 Å². The Morgan fingerprint density at radius 2 is 1.79 bits per heavy atom. The molecule has 2 aromatic carbocycles. The maximum atomic E-state index is 13.4. The zero-order chi connectivity index (χ0) is 24.5. The Hall–Kier alpha value is -2.97. The zero-order valence-corrected chi connectivity index (χ0v) is 21.0. The molecule has 1 saturated heterocycles. The van der Waals surface area contributed by atoms with Crippen molar-refractivity contribution < 1.29 is 13.2 Å². The fraction of sp³-hybridized carbons (Fsp3) is 0.385. The van der Waals surface area contributed by atoms with E-state index >= 15 is 0 Å². The largest absolute Gasteiger partial charge is 0.337 e. The van der Waals surface area contributed by atoms with Crippen molar-refractivity contribution in [2.24, 2.45) is 5.92 Å². The maximum Gasteiger partial charge on any atom is 0.253 e. The minimum atomic E-state index is -3.66. The number of para-hydroxylation sites is 1. The molecule has 0 N–H and O–H groups in total. The highest BCUT2D eigenvalue weighted by Gasteiger charge is 2.30. The van der Waals surface area contributed by atoms with Crippen LogP contribution in [0.4, 0.5) is 0 Å². The zero-order valence-electron chi connectivity index (χ0n) is 20.2. The Morgan fingerprint density at radius 1 is 1.12 bits per heavy atom. The minimum Gasteiger partial charge on any atom is -0.337 e. The van der Waals surface area contributed by atoms with Gasteiger partial charge in [-0.1, -0.05) is 25.1 Å². The van der Waals surface area contributed by atoms with Gasteiger partial charge in [-0.3, -0.25) is 4.79 Å². The number of amides is 1. The van der Waals surface area contributed by atoms with E-state index in [4.69, 9.17) is 0 Å². The molecule has 180 valence electrons. The van der Waals surface area contributed by atoms with Crippen LogP contribution in [0, 0.1) is 19.8 Å². The summed E-state index contributed by atoms with van der Waals surface area (Å²) >= 11 is 0. The summed E-state index contributed by atoms with van der Waals surface area (Å²) < 4.78 is 30.2. The Bertz CT molecular complexity index is 1280. The molecule has 1 amide bonds. The molecule has 0 saturated carbocycles. The van der Waals surface area contributed by atoms with Gasteiger partial charge in [0.05, 0.1) is 16.8 Å². The van der Waals surface area contributed by atoms with Crippen LogP contribution >= 0.6 is 0 Å². The van der Waals surface area contributed by atoms with Crippen molar-refractivity contribution in [3.63, 3.8) is 0 Å². The molecule has 34 heavy (non-hydrogen) atoms. The maximum absolute atomic E-state index is 13.4. The standard InChI is InChI=1S/C26H32N4O3S/c1-19-10-12-29(13-11-19)34(32,33)25-15-23(14-20(2)21(25)3)26(31)28(4)17-22-16-27-30(18-22)24-8-6-5-7-9-24/h5-9,14-16,18-19H,10-13,17H2,1-4H3. The average Bonchev–Trinajstić information content (AvgIpc) is 3.29. The Labute approximate surface area is 202 Å². The van der Waals surface area contributed by atoms with E-state index in [0.29, 0.717) is 36.7 Å². The summed E-state index contributed by atoms with van der Waals surface area (Å²) in [5, 5.41) is 4.39. The number of carbonyl (C=O) groups is 1. The van der Waals surface area contributed by atoms with Gasteiger partial charge in [0.15, 0.2) is 0 Å². The molecule has 0 spiro atoms. The molecular weight excluding hydrogens is 448 g/mol. The highest BCUT2D eigenvalue weighted by Crippen LogP contribution is 2.28. The quantitative estimate of drug-likeness (QED) is 0.530. The van der Waals surface area contributed by atoms with Crippen molar-refractivity contribution in [1.82, 2.24) is 19.0 Å². The number of piperidine rings is 1. The Balaban J connectivity index is 1.55. The number of nitrogens with zero attached hydrogens (tertiary/aromatic N) is 4. The monoisotopic (exact) mass is 480 g/mol. The summed E-state index contributed by atoms with van der Waals surface area (Å²) in [5.74, 6) is 0.307. The van der Waals surface area contributed by atoms with Gasteiger partial charge in [-0.25, -0.2) is 13.1 Å². The van der Waals surface area contributed by atoms with E-state index in [2.05, 4.69) is 12.0 Å². The lowest BCUT2D eigenvalue weighted by molar-refractivity contribution is 0.0784. The number of hydrogen-bond donors (Lipinski definition) is 0. The topological polar surface area (TPSA) is 75.5 Å². The van der Waals surface area contributed by atoms with Gasteiger partial charge in [0.1, 0.15) is 0 Å². The highest BCUT2D eigenvalue weighted by atomic mass is 32.2. The molecule has 8 heteroatoms. The van der Waals surface area contributed by atoms with E-state index in [1.165, 1.54) is 0 Å². The van der Waals surface area contributed by atoms with Gasteiger partial charge in [0.25, 0.3) is 5.91 Å². The van der Waals surface area contributed by atoms with Crippen LogP contribution < -0.4 is 0 Å². The number of aromatic nitrogens is 2. The van der Waals surface area contributed by atoms with Gasteiger partial charge in [0.2, 0.25) is 10.0 Å². The summed E-state index contributed by atoms with van der Waals surface area (Å²) in [6.07, 6.45) is 5.35. The molecule has 0 atom stereocenters. The normalized spacial score (nSPS) is 15.4. The first-order chi connectivity index (χ1) is 16.2. The third-order valence-electron chi connectivity index (χ3n) is 6.65. The van der Waals surface area contributed by atoms with Gasteiger partial charge in [-0.15, -0.1) is 0 Å². The fourth-order valence-electron chi connectivity index (χ4n) is 4.31. The molecule has 1 aromatic heterocycles. The Kier molecular flexibility index (Phi) is 6.91. The molecule has 0 unspecified atom stereocenters. The van der Waals surface area contributed by atoms with E-state index in [9.17, 15) is 13.2 Å². The van der Waals surface area contributed by atoms with E-state index in [0.717, 1.165) is 29.7 Å². The first kappa shape index (κ1) is 24.2. The smallest absolute Gasteiger partial charge is 0.253 e. The van der Waals surface area contributed by atoms with Crippen LogP contribution in [0.2, 0.25) is 0 Å². The molecular formula is C26H32N4O3S. The third-order valence-corrected chi connectivity index (χ3v) is 8.68. The number of aryl methyl sites for hydroxylation is 1. The number of carbonyl (C=O) groups excluding carboxylic acids is 1. The predicted octanol–water partition coefficient (Wildman–Crippen LogP) is 4.18. The molecule has 1 fully saturated rings. The van der Waals surface area contributed by atoms with E-state index < -0.39 is 10.0 Å². The fourth-order valence-corrected chi connectivity index (χ4v) is 6.11. The van der Waals surface area contributed by atoms with Crippen LogP contribution in [-0.2, 0) is 16.6 Å². The summed E-state index contributed by atoms with van der Waals surface area (Å²) in [6, 6.07) is 13.1. The second-order valence-corrected chi connectivity index (χ2v) is 11.2. The third kappa shape index (κ3) is 4.93. The first-order valence-electron chi connectivity index (χ1n) is 11.6. The van der Waals surface area contributed by atoms with Crippen LogP contribution in [0.25, 0.3) is 5.69 Å². The van der Waals surface area contributed by atoms with Crippen LogP contribution in [0.3, 0.4) is 0 Å². The lowest BCUT2D eigenvalue weighted by Gasteiger charge is -2.30. The van der Waals surface area contributed by atoms with E-state index in [1.54, 1.807) is 39.3 Å². The molecule has 7 nitrogen and oxygen atoms in total. The number of sulfonamides is 1. The van der Waals surface area contributed by atoms with Gasteiger partial charge >= 0.3 is 0 Å². The number of hydrogen-bond acceptors (Lipinski definition) is 4. The highest BCUT2D eigenvalue weighted by molar-refractivity contribution is 7.89. The second kappa shape index (κ2) is 9.72. The molecule has 4 rings (SSSR count). The number of benzene rings is 2. The van der Waals surface area contributed by atoms with Crippen molar-refractivity contribution in [1.29, 1.82) is 0 Å². The van der Waals surface area contributed by atoms with Crippen LogP contribution in [0.15, 0.2) is 59.8 Å². The number of rotatable bonds is 6. The van der Waals surface area contributed by atoms with Crippen LogP contribution in [0.5, 0.6) is 0 Å². The van der Waals surface area contributed by atoms with Crippen molar-refractivity contribution in [2.75, 3.05) is 20.1 Å². The first-order valence-corrected chi connectivity index (χ1v) is 13.1. The average molecular weight is 481 g/mol. The van der Waals surface area contributed by atoms with Crippen molar-refractivity contribution >= 4 is 15.9 Å². The van der Waals surface area contributed by atoms with Gasteiger partial charge in [-0.05, 0) is 68.0 Å². The summed E-state index contributed by atoms with van der Waals surface area (Å²) in [6.45, 7) is 7.22. The molecule has 1 aliphatic heterocycles. The van der Waals surface area contributed by atoms with Crippen molar-refractivity contribution in [2.45, 2.75) is 45.1 Å². The lowest BCUT2D eigenvalue weighted by atomic mass is 10.0. The van der Waals surface area contributed by atoms with Gasteiger partial charge in [-0.2, -0.15) is 9.40 Å². The molecule has 0 aliphatic carbocycles. The molecule has 0 radical (unpaired) electrons. The SMILES string of the molecule is Cc1cc(C(=O)N(C)Cc2cnn(-c3ccccc3)c2)cc(S(=O)(=O)N2CCC(C)CC2)c1C. The molecule has 3 aromatic rings. The molecule has 1 aliphatic rings. The molecule has 0 bridgehead atoms.